The van der Waals surface area contributed by atoms with E-state index < -0.39 is 18.3 Å². The zero-order valence-corrected chi connectivity index (χ0v) is 9.52. The Kier molecular flexibility index (Phi) is 7.26. The minimum absolute atomic E-state index is 0.381. The van der Waals surface area contributed by atoms with Gasteiger partial charge in [-0.2, -0.15) is 8.78 Å². The van der Waals surface area contributed by atoms with Crippen LogP contribution in [0.15, 0.2) is 0 Å². The predicted molar refractivity (Wildman–Crippen MR) is 55.0 cm³/mol. The number of methoxy groups -OCH3 is 1. The van der Waals surface area contributed by atoms with Crippen LogP contribution < -0.4 is 0 Å². The Morgan fingerprint density at radius 3 is 2.20 bits per heavy atom. The standard InChI is InChI=1S/C11H20F2O2/c1-3-4-5-6-7-8-9-11(12,13)10(14)15-2/h3-9H2,1-2H3. The molecule has 0 aliphatic carbocycles. The van der Waals surface area contributed by atoms with Crippen LogP contribution in [0.3, 0.4) is 0 Å². The summed E-state index contributed by atoms with van der Waals surface area (Å²) in [6, 6.07) is 0. The van der Waals surface area contributed by atoms with Crippen LogP contribution in [0.5, 0.6) is 0 Å². The molecule has 0 radical (unpaired) electrons. The van der Waals surface area contributed by atoms with Crippen molar-refractivity contribution in [3.8, 4) is 0 Å². The van der Waals surface area contributed by atoms with Crippen molar-refractivity contribution in [2.45, 2.75) is 57.8 Å². The number of rotatable bonds is 8. The van der Waals surface area contributed by atoms with Gasteiger partial charge in [-0.05, 0) is 6.42 Å². The van der Waals surface area contributed by atoms with Crippen molar-refractivity contribution in [3.05, 3.63) is 0 Å². The van der Waals surface area contributed by atoms with Crippen LogP contribution in [-0.2, 0) is 9.53 Å². The highest BCUT2D eigenvalue weighted by Gasteiger charge is 2.38. The number of hydrogen-bond donors (Lipinski definition) is 0. The summed E-state index contributed by atoms with van der Waals surface area (Å²) in [5.74, 6) is -4.73. The SMILES string of the molecule is CCCCCCCCC(F)(F)C(=O)OC. The number of carbonyl (C=O) groups excluding carboxylic acids is 1. The fourth-order valence-corrected chi connectivity index (χ4v) is 1.38. The first-order chi connectivity index (χ1) is 7.04. The van der Waals surface area contributed by atoms with Crippen LogP contribution in [0.2, 0.25) is 0 Å². The molecule has 2 nitrogen and oxygen atoms in total. The molecular formula is C11H20F2O2. The topological polar surface area (TPSA) is 26.3 Å². The van der Waals surface area contributed by atoms with E-state index in [2.05, 4.69) is 11.7 Å². The zero-order valence-electron chi connectivity index (χ0n) is 9.52. The van der Waals surface area contributed by atoms with Gasteiger partial charge in [0, 0.05) is 6.42 Å². The molecular weight excluding hydrogens is 202 g/mol. The maximum atomic E-state index is 12.9. The van der Waals surface area contributed by atoms with Gasteiger partial charge in [0.25, 0.3) is 0 Å². The van der Waals surface area contributed by atoms with E-state index in [1.165, 1.54) is 0 Å². The fraction of sp³-hybridized carbons (Fsp3) is 0.909. The van der Waals surface area contributed by atoms with E-state index in [9.17, 15) is 13.6 Å². The van der Waals surface area contributed by atoms with Crippen molar-refractivity contribution in [1.29, 1.82) is 0 Å². The zero-order chi connectivity index (χ0) is 11.7. The fourth-order valence-electron chi connectivity index (χ4n) is 1.38. The van der Waals surface area contributed by atoms with Gasteiger partial charge in [-0.25, -0.2) is 4.79 Å². The quantitative estimate of drug-likeness (QED) is 0.463. The monoisotopic (exact) mass is 222 g/mol. The van der Waals surface area contributed by atoms with Gasteiger partial charge in [0.15, 0.2) is 0 Å². The smallest absolute Gasteiger partial charge is 0.376 e. The van der Waals surface area contributed by atoms with Gasteiger partial charge in [0.1, 0.15) is 0 Å². The summed E-state index contributed by atoms with van der Waals surface area (Å²) in [4.78, 5) is 10.6. The summed E-state index contributed by atoms with van der Waals surface area (Å²) in [6.45, 7) is 2.10. The first-order valence-electron chi connectivity index (χ1n) is 5.51. The van der Waals surface area contributed by atoms with Crippen LogP contribution in [0.25, 0.3) is 0 Å². The summed E-state index contributed by atoms with van der Waals surface area (Å²) in [7, 11) is 0.984. The maximum Gasteiger partial charge on any atom is 0.376 e. The molecule has 0 bridgehead atoms. The summed E-state index contributed by atoms with van der Waals surface area (Å²) in [5, 5.41) is 0. The van der Waals surface area contributed by atoms with Crippen molar-refractivity contribution < 1.29 is 18.3 Å². The minimum Gasteiger partial charge on any atom is -0.465 e. The van der Waals surface area contributed by atoms with Gasteiger partial charge in [0.05, 0.1) is 7.11 Å². The Hall–Kier alpha value is -0.670. The minimum atomic E-state index is -3.31. The Morgan fingerprint density at radius 1 is 1.13 bits per heavy atom. The van der Waals surface area contributed by atoms with Crippen molar-refractivity contribution in [2.75, 3.05) is 7.11 Å². The number of hydrogen-bond acceptors (Lipinski definition) is 2. The molecule has 0 rings (SSSR count). The van der Waals surface area contributed by atoms with Gasteiger partial charge in [-0.3, -0.25) is 0 Å². The first kappa shape index (κ1) is 14.3. The molecule has 0 fully saturated rings. The van der Waals surface area contributed by atoms with E-state index >= 15 is 0 Å². The normalized spacial score (nSPS) is 11.5. The number of unbranched alkanes of at least 4 members (excludes halogenated alkanes) is 5. The van der Waals surface area contributed by atoms with Crippen molar-refractivity contribution in [3.63, 3.8) is 0 Å². The molecule has 0 spiro atoms. The third-order valence-corrected chi connectivity index (χ3v) is 2.33. The average Bonchev–Trinajstić information content (AvgIpc) is 2.22. The highest BCUT2D eigenvalue weighted by Crippen LogP contribution is 2.23. The van der Waals surface area contributed by atoms with Crippen molar-refractivity contribution in [1.82, 2.24) is 0 Å². The van der Waals surface area contributed by atoms with Gasteiger partial charge in [-0.15, -0.1) is 0 Å². The molecule has 0 unspecified atom stereocenters. The number of carbonyl (C=O) groups is 1. The molecule has 0 N–H and O–H groups in total. The van der Waals surface area contributed by atoms with Gasteiger partial charge >= 0.3 is 11.9 Å². The maximum absolute atomic E-state index is 12.9. The highest BCUT2D eigenvalue weighted by atomic mass is 19.3. The molecule has 4 heteroatoms. The van der Waals surface area contributed by atoms with E-state index in [1.807, 2.05) is 0 Å². The molecule has 0 aromatic rings. The summed E-state index contributed by atoms with van der Waals surface area (Å²) in [6.07, 6.45) is 5.07. The van der Waals surface area contributed by atoms with E-state index in [0.29, 0.717) is 6.42 Å². The first-order valence-corrected chi connectivity index (χ1v) is 5.51. The highest BCUT2D eigenvalue weighted by molar-refractivity contribution is 5.77. The van der Waals surface area contributed by atoms with Gasteiger partial charge < -0.3 is 4.74 Å². The lowest BCUT2D eigenvalue weighted by Gasteiger charge is -2.12. The van der Waals surface area contributed by atoms with Crippen LogP contribution >= 0.6 is 0 Å². The van der Waals surface area contributed by atoms with Gasteiger partial charge in [-0.1, -0.05) is 39.0 Å². The van der Waals surface area contributed by atoms with Crippen LogP contribution in [-0.4, -0.2) is 19.0 Å². The van der Waals surface area contributed by atoms with E-state index in [4.69, 9.17) is 0 Å². The average molecular weight is 222 g/mol. The Bertz CT molecular complexity index is 181. The number of ether oxygens (including phenoxy) is 1. The van der Waals surface area contributed by atoms with E-state index in [-0.39, 0.29) is 0 Å². The summed E-state index contributed by atoms with van der Waals surface area (Å²) < 4.78 is 29.9. The van der Waals surface area contributed by atoms with Crippen LogP contribution in [0.1, 0.15) is 51.9 Å². The number of esters is 1. The molecule has 0 amide bonds. The predicted octanol–water partition coefficient (Wildman–Crippen LogP) is 3.55. The van der Waals surface area contributed by atoms with E-state index in [1.54, 1.807) is 0 Å². The molecule has 0 heterocycles. The largest absolute Gasteiger partial charge is 0.465 e. The molecule has 0 saturated heterocycles. The summed E-state index contributed by atoms with van der Waals surface area (Å²) in [5.41, 5.74) is 0. The van der Waals surface area contributed by atoms with Crippen molar-refractivity contribution in [2.24, 2.45) is 0 Å². The molecule has 90 valence electrons. The lowest BCUT2D eigenvalue weighted by atomic mass is 10.1. The lowest BCUT2D eigenvalue weighted by Crippen LogP contribution is -2.29. The lowest BCUT2D eigenvalue weighted by molar-refractivity contribution is -0.169. The second kappa shape index (κ2) is 7.60. The van der Waals surface area contributed by atoms with Crippen LogP contribution in [0, 0.1) is 0 Å². The molecule has 0 saturated carbocycles. The second-order valence-corrected chi connectivity index (χ2v) is 3.71. The molecule has 0 aliphatic rings. The Balaban J connectivity index is 3.53. The molecule has 0 aromatic heterocycles. The summed E-state index contributed by atoms with van der Waals surface area (Å²) >= 11 is 0. The van der Waals surface area contributed by atoms with Gasteiger partial charge in [0.2, 0.25) is 0 Å². The number of halogens is 2. The third kappa shape index (κ3) is 6.42. The molecule has 0 aromatic carbocycles. The Morgan fingerprint density at radius 2 is 1.67 bits per heavy atom. The second-order valence-electron chi connectivity index (χ2n) is 3.71. The Labute approximate surface area is 90.0 Å². The molecule has 0 atom stereocenters. The van der Waals surface area contributed by atoms with Crippen molar-refractivity contribution >= 4 is 5.97 Å². The van der Waals surface area contributed by atoms with Crippen LogP contribution in [0.4, 0.5) is 8.78 Å². The number of alkyl halides is 2. The third-order valence-electron chi connectivity index (χ3n) is 2.33. The molecule has 0 aliphatic heterocycles. The van der Waals surface area contributed by atoms with E-state index in [0.717, 1.165) is 39.2 Å². The molecule has 15 heavy (non-hydrogen) atoms.